The maximum absolute atomic E-state index is 13.3. The highest BCUT2D eigenvalue weighted by molar-refractivity contribution is 5.85. The highest BCUT2D eigenvalue weighted by Crippen LogP contribution is 2.27. The van der Waals surface area contributed by atoms with Crippen LogP contribution in [0.3, 0.4) is 0 Å². The van der Waals surface area contributed by atoms with E-state index < -0.39 is 11.6 Å². The maximum Gasteiger partial charge on any atom is 0.272 e. The Hall–Kier alpha value is -0.950. The van der Waals surface area contributed by atoms with Crippen molar-refractivity contribution in [3.63, 3.8) is 0 Å². The molecule has 0 spiro atoms. The van der Waals surface area contributed by atoms with Gasteiger partial charge in [-0.25, -0.2) is 4.39 Å². The molecule has 0 saturated carbocycles. The Morgan fingerprint density at radius 2 is 2.00 bits per heavy atom. The van der Waals surface area contributed by atoms with Gasteiger partial charge in [-0.2, -0.15) is 0 Å². The lowest BCUT2D eigenvalue weighted by molar-refractivity contribution is -0.385. The molecule has 1 saturated heterocycles. The Morgan fingerprint density at radius 3 is 2.52 bits per heavy atom. The van der Waals surface area contributed by atoms with Gasteiger partial charge in [0, 0.05) is 37.8 Å². The molecular formula is C13H20Cl2FN3O2. The Balaban J connectivity index is 0.00000200. The third-order valence-electron chi connectivity index (χ3n) is 3.55. The summed E-state index contributed by atoms with van der Waals surface area (Å²) in [5.41, 5.74) is 1.35. The normalized spacial score (nSPS) is 16.5. The second-order valence-electron chi connectivity index (χ2n) is 4.76. The van der Waals surface area contributed by atoms with Crippen LogP contribution in [-0.4, -0.2) is 42.7 Å². The summed E-state index contributed by atoms with van der Waals surface area (Å²) in [5, 5.41) is 14.2. The van der Waals surface area contributed by atoms with Gasteiger partial charge in [0.2, 0.25) is 0 Å². The zero-order chi connectivity index (χ0) is 13.8. The van der Waals surface area contributed by atoms with Crippen molar-refractivity contribution in [1.29, 1.82) is 0 Å². The summed E-state index contributed by atoms with van der Waals surface area (Å²) in [5.74, 6) is 0. The van der Waals surface area contributed by atoms with Gasteiger partial charge in [-0.3, -0.25) is 15.0 Å². The zero-order valence-corrected chi connectivity index (χ0v) is 13.4. The molecule has 0 bridgehead atoms. The summed E-state index contributed by atoms with van der Waals surface area (Å²) in [7, 11) is 0. The van der Waals surface area contributed by atoms with Crippen molar-refractivity contribution < 1.29 is 9.31 Å². The van der Waals surface area contributed by atoms with Crippen molar-refractivity contribution >= 4 is 30.5 Å². The van der Waals surface area contributed by atoms with Crippen LogP contribution in [0.4, 0.5) is 10.1 Å². The second-order valence-corrected chi connectivity index (χ2v) is 4.76. The molecule has 0 aliphatic carbocycles. The van der Waals surface area contributed by atoms with Crippen LogP contribution < -0.4 is 5.32 Å². The number of nitro groups is 1. The highest BCUT2D eigenvalue weighted by Gasteiger charge is 2.24. The SMILES string of the molecule is Cc1ccc([C@H](CF)N2CCNCC2)cc1[N+](=O)[O-].Cl.Cl. The molecule has 1 N–H and O–H groups in total. The van der Waals surface area contributed by atoms with Gasteiger partial charge in [-0.05, 0) is 12.5 Å². The van der Waals surface area contributed by atoms with Crippen molar-refractivity contribution in [2.24, 2.45) is 0 Å². The van der Waals surface area contributed by atoms with Crippen LogP contribution in [0, 0.1) is 17.0 Å². The number of alkyl halides is 1. The smallest absolute Gasteiger partial charge is 0.272 e. The molecule has 120 valence electrons. The molecule has 8 heteroatoms. The van der Waals surface area contributed by atoms with Crippen LogP contribution >= 0.6 is 24.8 Å². The van der Waals surface area contributed by atoms with Crippen molar-refractivity contribution in [2.75, 3.05) is 32.9 Å². The van der Waals surface area contributed by atoms with E-state index >= 15 is 0 Å². The molecule has 5 nitrogen and oxygen atoms in total. The first-order chi connectivity index (χ1) is 9.13. The lowest BCUT2D eigenvalue weighted by Crippen LogP contribution is -2.45. The molecule has 1 aliphatic rings. The number of hydrogen-bond acceptors (Lipinski definition) is 4. The fraction of sp³-hybridized carbons (Fsp3) is 0.538. The summed E-state index contributed by atoms with van der Waals surface area (Å²) >= 11 is 0. The minimum absolute atomic E-state index is 0. The number of rotatable bonds is 4. The lowest BCUT2D eigenvalue weighted by Gasteiger charge is -2.33. The maximum atomic E-state index is 13.3. The molecule has 1 aromatic rings. The molecule has 21 heavy (non-hydrogen) atoms. The number of halogens is 3. The summed E-state index contributed by atoms with van der Waals surface area (Å²) in [6, 6.07) is 4.59. The molecule has 2 rings (SSSR count). The van der Waals surface area contributed by atoms with Gasteiger partial charge in [-0.15, -0.1) is 24.8 Å². The Kier molecular flexibility index (Phi) is 8.73. The predicted molar refractivity (Wildman–Crippen MR) is 85.5 cm³/mol. The van der Waals surface area contributed by atoms with E-state index in [9.17, 15) is 14.5 Å². The summed E-state index contributed by atoms with van der Waals surface area (Å²) < 4.78 is 13.3. The van der Waals surface area contributed by atoms with Gasteiger partial charge in [0.25, 0.3) is 5.69 Å². The molecule has 0 unspecified atom stereocenters. The summed E-state index contributed by atoms with van der Waals surface area (Å²) in [6.45, 7) is 4.33. The van der Waals surface area contributed by atoms with Crippen LogP contribution in [0.25, 0.3) is 0 Å². The van der Waals surface area contributed by atoms with E-state index in [0.29, 0.717) is 11.1 Å². The first kappa shape index (κ1) is 20.1. The zero-order valence-electron chi connectivity index (χ0n) is 11.8. The Labute approximate surface area is 135 Å². The second kappa shape index (κ2) is 9.15. The first-order valence-electron chi connectivity index (χ1n) is 6.39. The topological polar surface area (TPSA) is 58.4 Å². The van der Waals surface area contributed by atoms with E-state index in [1.54, 1.807) is 19.1 Å². The molecule has 1 atom stereocenters. The number of nitrogens with zero attached hydrogens (tertiary/aromatic N) is 2. The van der Waals surface area contributed by atoms with E-state index in [1.165, 1.54) is 6.07 Å². The predicted octanol–water partition coefficient (Wildman–Crippen LogP) is 2.66. The molecule has 0 radical (unpaired) electrons. The third-order valence-corrected chi connectivity index (χ3v) is 3.55. The van der Waals surface area contributed by atoms with E-state index in [2.05, 4.69) is 5.32 Å². The minimum Gasteiger partial charge on any atom is -0.314 e. The lowest BCUT2D eigenvalue weighted by atomic mass is 10.0. The van der Waals surface area contributed by atoms with Gasteiger partial charge < -0.3 is 5.32 Å². The molecule has 1 aliphatic heterocycles. The van der Waals surface area contributed by atoms with Crippen molar-refractivity contribution in [2.45, 2.75) is 13.0 Å². The van der Waals surface area contributed by atoms with Gasteiger partial charge in [0.05, 0.1) is 11.0 Å². The molecule has 0 amide bonds. The van der Waals surface area contributed by atoms with Gasteiger partial charge in [0.15, 0.2) is 0 Å². The number of nitro benzene ring substituents is 1. The molecule has 1 heterocycles. The van der Waals surface area contributed by atoms with E-state index in [-0.39, 0.29) is 36.5 Å². The van der Waals surface area contributed by atoms with E-state index in [1.807, 2.05) is 4.90 Å². The van der Waals surface area contributed by atoms with Crippen LogP contribution in [0.1, 0.15) is 17.2 Å². The number of aryl methyl sites for hydroxylation is 1. The molecule has 0 aromatic heterocycles. The Bertz CT molecular complexity index is 471. The number of piperazine rings is 1. The minimum atomic E-state index is -0.528. The van der Waals surface area contributed by atoms with Crippen LogP contribution in [0.15, 0.2) is 18.2 Å². The van der Waals surface area contributed by atoms with Crippen molar-refractivity contribution in [3.05, 3.63) is 39.4 Å². The first-order valence-corrected chi connectivity index (χ1v) is 6.39. The van der Waals surface area contributed by atoms with Crippen molar-refractivity contribution in [1.82, 2.24) is 10.2 Å². The monoisotopic (exact) mass is 339 g/mol. The van der Waals surface area contributed by atoms with Gasteiger partial charge in [-0.1, -0.05) is 12.1 Å². The van der Waals surface area contributed by atoms with Crippen LogP contribution in [0.2, 0.25) is 0 Å². The quantitative estimate of drug-likeness (QED) is 0.676. The molecular weight excluding hydrogens is 320 g/mol. The van der Waals surface area contributed by atoms with Crippen molar-refractivity contribution in [3.8, 4) is 0 Å². The van der Waals surface area contributed by atoms with E-state index in [4.69, 9.17) is 0 Å². The average Bonchev–Trinajstić information content (AvgIpc) is 2.42. The molecule has 1 aromatic carbocycles. The van der Waals surface area contributed by atoms with Crippen LogP contribution in [0.5, 0.6) is 0 Å². The highest BCUT2D eigenvalue weighted by atomic mass is 35.5. The fourth-order valence-electron chi connectivity index (χ4n) is 2.42. The summed E-state index contributed by atoms with van der Waals surface area (Å²) in [4.78, 5) is 12.6. The largest absolute Gasteiger partial charge is 0.314 e. The third kappa shape index (κ3) is 4.78. The Morgan fingerprint density at radius 1 is 1.38 bits per heavy atom. The molecule has 1 fully saturated rings. The summed E-state index contributed by atoms with van der Waals surface area (Å²) in [6.07, 6.45) is 0. The average molecular weight is 340 g/mol. The van der Waals surface area contributed by atoms with Crippen LogP contribution in [-0.2, 0) is 0 Å². The standard InChI is InChI=1S/C13H18FN3O2.2ClH/c1-10-2-3-11(8-12(10)17(18)19)13(9-14)16-6-4-15-5-7-16;;/h2-3,8,13,15H,4-7,9H2,1H3;2*1H/t13-;;/m0../s1. The fourth-order valence-corrected chi connectivity index (χ4v) is 2.42. The van der Waals surface area contributed by atoms with Gasteiger partial charge >= 0.3 is 0 Å². The number of hydrogen-bond donors (Lipinski definition) is 1. The number of benzene rings is 1. The number of nitrogens with one attached hydrogen (secondary N) is 1. The van der Waals surface area contributed by atoms with E-state index in [0.717, 1.165) is 26.2 Å². The van der Waals surface area contributed by atoms with Gasteiger partial charge in [0.1, 0.15) is 6.67 Å².